The molecule has 0 amide bonds. The molecule has 1 fully saturated rings. The molecule has 0 N–H and O–H groups in total. The van der Waals surface area contributed by atoms with E-state index in [-0.39, 0.29) is 0 Å². The number of thioether (sulfide) groups is 2. The Bertz CT molecular complexity index is 703. The van der Waals surface area contributed by atoms with E-state index in [1.54, 1.807) is 27.0 Å². The van der Waals surface area contributed by atoms with Crippen LogP contribution in [0, 0.1) is 13.8 Å². The van der Waals surface area contributed by atoms with Crippen molar-refractivity contribution in [2.24, 2.45) is 0 Å². The van der Waals surface area contributed by atoms with Gasteiger partial charge < -0.3 is 14.0 Å². The van der Waals surface area contributed by atoms with E-state index in [1.165, 1.54) is 5.56 Å². The molecule has 1 aromatic carbocycles. The number of carbonyl (C=O) groups excluding carboxylic acids is 1. The van der Waals surface area contributed by atoms with Crippen molar-refractivity contribution < 1.29 is 18.8 Å². The number of aryl methyl sites for hydroxylation is 2. The number of hydrogen-bond donors (Lipinski definition) is 0. The summed E-state index contributed by atoms with van der Waals surface area (Å²) in [4.78, 5) is 12.3. The molecule has 0 spiro atoms. The summed E-state index contributed by atoms with van der Waals surface area (Å²) in [6, 6.07) is 5.70. The standard InChI is InChI=1S/C16H17NO4S2/c1-9-14(10(2)21-17-9)15(18)20-12-5-4-11(8-13(12)19-3)16-22-6-7-23-16/h4-5,8,16H,6-7H2,1-3H3. The summed E-state index contributed by atoms with van der Waals surface area (Å²) in [6.45, 7) is 3.40. The Kier molecular flexibility index (Phi) is 4.87. The molecule has 1 aromatic heterocycles. The number of hydrogen-bond acceptors (Lipinski definition) is 7. The summed E-state index contributed by atoms with van der Waals surface area (Å²) in [7, 11) is 1.57. The van der Waals surface area contributed by atoms with Gasteiger partial charge in [-0.3, -0.25) is 0 Å². The van der Waals surface area contributed by atoms with Crippen LogP contribution in [0.1, 0.15) is 32.0 Å². The van der Waals surface area contributed by atoms with Gasteiger partial charge in [-0.1, -0.05) is 11.2 Å². The van der Waals surface area contributed by atoms with Crippen molar-refractivity contribution in [3.8, 4) is 11.5 Å². The van der Waals surface area contributed by atoms with Crippen LogP contribution < -0.4 is 9.47 Å². The molecule has 0 saturated carbocycles. The van der Waals surface area contributed by atoms with Gasteiger partial charge in [0.1, 0.15) is 11.3 Å². The number of benzene rings is 1. The number of rotatable bonds is 4. The van der Waals surface area contributed by atoms with Gasteiger partial charge in [0, 0.05) is 11.5 Å². The van der Waals surface area contributed by atoms with Crippen LogP contribution in [0.4, 0.5) is 0 Å². The molecular weight excluding hydrogens is 334 g/mol. The van der Waals surface area contributed by atoms with Crippen LogP contribution in [0.2, 0.25) is 0 Å². The lowest BCUT2D eigenvalue weighted by Gasteiger charge is -2.13. The first-order chi connectivity index (χ1) is 11.1. The fourth-order valence-electron chi connectivity index (χ4n) is 2.39. The van der Waals surface area contributed by atoms with E-state index in [0.717, 1.165) is 11.5 Å². The maximum atomic E-state index is 12.3. The van der Waals surface area contributed by atoms with E-state index >= 15 is 0 Å². The van der Waals surface area contributed by atoms with Crippen LogP contribution in [0.25, 0.3) is 0 Å². The topological polar surface area (TPSA) is 61.6 Å². The van der Waals surface area contributed by atoms with E-state index in [0.29, 0.717) is 33.1 Å². The number of ether oxygens (including phenoxy) is 2. The first kappa shape index (κ1) is 16.3. The lowest BCUT2D eigenvalue weighted by atomic mass is 10.2. The summed E-state index contributed by atoms with van der Waals surface area (Å²) in [5, 5.41) is 3.78. The minimum atomic E-state index is -0.489. The van der Waals surface area contributed by atoms with Gasteiger partial charge >= 0.3 is 5.97 Å². The Morgan fingerprint density at radius 3 is 2.61 bits per heavy atom. The van der Waals surface area contributed by atoms with Gasteiger partial charge in [-0.05, 0) is 31.5 Å². The van der Waals surface area contributed by atoms with Gasteiger partial charge in [0.2, 0.25) is 0 Å². The first-order valence-electron chi connectivity index (χ1n) is 7.16. The van der Waals surface area contributed by atoms with Crippen LogP contribution in [0.5, 0.6) is 11.5 Å². The van der Waals surface area contributed by atoms with Crippen LogP contribution in [-0.2, 0) is 0 Å². The van der Waals surface area contributed by atoms with Gasteiger partial charge in [0.05, 0.1) is 17.4 Å². The number of carbonyl (C=O) groups is 1. The number of methoxy groups -OCH3 is 1. The van der Waals surface area contributed by atoms with Crippen LogP contribution in [-0.4, -0.2) is 29.7 Å². The SMILES string of the molecule is COc1cc(C2SCCS2)ccc1OC(=O)c1c(C)noc1C. The zero-order valence-electron chi connectivity index (χ0n) is 13.1. The minimum absolute atomic E-state index is 0.359. The second-order valence-corrected chi connectivity index (χ2v) is 7.80. The van der Waals surface area contributed by atoms with Gasteiger partial charge in [0.25, 0.3) is 0 Å². The lowest BCUT2D eigenvalue weighted by Crippen LogP contribution is -2.11. The fourth-order valence-corrected chi connectivity index (χ4v) is 5.23. The Balaban J connectivity index is 1.83. The number of esters is 1. The molecule has 5 nitrogen and oxygen atoms in total. The second-order valence-electron chi connectivity index (χ2n) is 5.07. The summed E-state index contributed by atoms with van der Waals surface area (Å²) < 4.78 is 16.3. The first-order valence-corrected chi connectivity index (χ1v) is 9.26. The summed E-state index contributed by atoms with van der Waals surface area (Å²) >= 11 is 3.83. The maximum Gasteiger partial charge on any atom is 0.349 e. The van der Waals surface area contributed by atoms with Crippen molar-refractivity contribution in [2.45, 2.75) is 18.4 Å². The van der Waals surface area contributed by atoms with Crippen molar-refractivity contribution in [1.82, 2.24) is 5.16 Å². The largest absolute Gasteiger partial charge is 0.493 e. The van der Waals surface area contributed by atoms with Crippen LogP contribution in [0.15, 0.2) is 22.7 Å². The highest BCUT2D eigenvalue weighted by atomic mass is 32.2. The molecule has 3 rings (SSSR count). The Morgan fingerprint density at radius 1 is 1.26 bits per heavy atom. The normalized spacial score (nSPS) is 14.9. The predicted molar refractivity (Wildman–Crippen MR) is 91.6 cm³/mol. The van der Waals surface area contributed by atoms with E-state index < -0.39 is 5.97 Å². The minimum Gasteiger partial charge on any atom is -0.493 e. The molecular formula is C16H17NO4S2. The summed E-state index contributed by atoms with van der Waals surface area (Å²) in [5.74, 6) is 3.21. The smallest absolute Gasteiger partial charge is 0.349 e. The highest BCUT2D eigenvalue weighted by molar-refractivity contribution is 8.19. The van der Waals surface area contributed by atoms with E-state index in [2.05, 4.69) is 5.16 Å². The average molecular weight is 351 g/mol. The molecule has 0 unspecified atom stereocenters. The van der Waals surface area contributed by atoms with Crippen molar-refractivity contribution in [2.75, 3.05) is 18.6 Å². The monoisotopic (exact) mass is 351 g/mol. The van der Waals surface area contributed by atoms with Gasteiger partial charge in [-0.2, -0.15) is 0 Å². The lowest BCUT2D eigenvalue weighted by molar-refractivity contribution is 0.0727. The molecule has 122 valence electrons. The van der Waals surface area contributed by atoms with E-state index in [9.17, 15) is 4.79 Å². The summed E-state index contributed by atoms with van der Waals surface area (Å²) in [6.07, 6.45) is 0. The van der Waals surface area contributed by atoms with Gasteiger partial charge in [-0.15, -0.1) is 23.5 Å². The fraction of sp³-hybridized carbons (Fsp3) is 0.375. The molecule has 2 aromatic rings. The zero-order valence-corrected chi connectivity index (χ0v) is 14.8. The molecule has 23 heavy (non-hydrogen) atoms. The third kappa shape index (κ3) is 3.35. The third-order valence-corrected chi connectivity index (χ3v) is 6.63. The molecule has 0 aliphatic carbocycles. The summed E-state index contributed by atoms with van der Waals surface area (Å²) in [5.41, 5.74) is 2.05. The average Bonchev–Trinajstić information content (AvgIpc) is 3.18. The molecule has 1 aliphatic heterocycles. The molecule has 2 heterocycles. The molecule has 1 aliphatic rings. The quantitative estimate of drug-likeness (QED) is 0.609. The predicted octanol–water partition coefficient (Wildman–Crippen LogP) is 4.00. The molecule has 7 heteroatoms. The van der Waals surface area contributed by atoms with E-state index in [4.69, 9.17) is 14.0 Å². The highest BCUT2D eigenvalue weighted by Crippen LogP contribution is 2.47. The van der Waals surface area contributed by atoms with E-state index in [1.807, 2.05) is 35.7 Å². The molecule has 1 saturated heterocycles. The maximum absolute atomic E-state index is 12.3. The van der Waals surface area contributed by atoms with Crippen molar-refractivity contribution in [3.05, 3.63) is 40.8 Å². The van der Waals surface area contributed by atoms with Crippen LogP contribution in [0.3, 0.4) is 0 Å². The second kappa shape index (κ2) is 6.88. The van der Waals surface area contributed by atoms with Crippen molar-refractivity contribution >= 4 is 29.5 Å². The molecule has 0 radical (unpaired) electrons. The highest BCUT2D eigenvalue weighted by Gasteiger charge is 2.23. The molecule has 0 bridgehead atoms. The Hall–Kier alpha value is -1.60. The van der Waals surface area contributed by atoms with Gasteiger partial charge in [0.15, 0.2) is 11.5 Å². The Morgan fingerprint density at radius 2 is 2.00 bits per heavy atom. The van der Waals surface area contributed by atoms with Crippen molar-refractivity contribution in [1.29, 1.82) is 0 Å². The van der Waals surface area contributed by atoms with Crippen molar-refractivity contribution in [3.63, 3.8) is 0 Å². The molecule has 0 atom stereocenters. The zero-order chi connectivity index (χ0) is 16.4. The Labute approximate surface area is 143 Å². The van der Waals surface area contributed by atoms with Gasteiger partial charge in [-0.25, -0.2) is 4.79 Å². The van der Waals surface area contributed by atoms with Crippen LogP contribution >= 0.6 is 23.5 Å². The number of nitrogens with zero attached hydrogens (tertiary/aromatic N) is 1. The third-order valence-electron chi connectivity index (χ3n) is 3.52. The number of aromatic nitrogens is 1.